The predicted molar refractivity (Wildman–Crippen MR) is 105 cm³/mol. The molecule has 2 aromatic rings. The van der Waals surface area contributed by atoms with Crippen molar-refractivity contribution in [2.24, 2.45) is 0 Å². The van der Waals surface area contributed by atoms with E-state index in [-0.39, 0.29) is 36.0 Å². The minimum atomic E-state index is -9.75. The standard InChI is InChI=1S/C16H17BrF5N3O2S2/c17-12-1-3-14(4-2-12)28(26,27)25-9-7-13(8-10-25)24-16-6-5-15(11-23-16)29(18,19,20,21)22/h1-6,11,13H,7-10H2,(H,23,24). The average Bonchev–Trinajstić information content (AvgIpc) is 2.61. The van der Waals surface area contributed by atoms with Crippen LogP contribution in [0.3, 0.4) is 0 Å². The predicted octanol–water partition coefficient (Wildman–Crippen LogP) is 5.77. The van der Waals surface area contributed by atoms with Crippen LogP contribution in [0, 0.1) is 0 Å². The second kappa shape index (κ2) is 6.79. The first-order valence-electron chi connectivity index (χ1n) is 8.37. The fraction of sp³-hybridized carbons (Fsp3) is 0.312. The van der Waals surface area contributed by atoms with E-state index >= 15 is 0 Å². The van der Waals surface area contributed by atoms with E-state index in [9.17, 15) is 27.8 Å². The van der Waals surface area contributed by atoms with Gasteiger partial charge in [-0.3, -0.25) is 0 Å². The maximum Gasteiger partial charge on any atom is 0.311 e. The van der Waals surface area contributed by atoms with Crippen LogP contribution >= 0.6 is 26.2 Å². The van der Waals surface area contributed by atoms with Crippen molar-refractivity contribution in [3.8, 4) is 0 Å². The number of piperidine rings is 1. The molecule has 0 spiro atoms. The van der Waals surface area contributed by atoms with E-state index in [0.717, 1.165) is 10.5 Å². The summed E-state index contributed by atoms with van der Waals surface area (Å²) >= 11 is 3.24. The number of halogens is 6. The molecule has 1 aromatic heterocycles. The molecule has 3 rings (SSSR count). The molecule has 5 nitrogen and oxygen atoms in total. The van der Waals surface area contributed by atoms with E-state index in [1.54, 1.807) is 12.1 Å². The number of anilines is 1. The topological polar surface area (TPSA) is 62.3 Å². The van der Waals surface area contributed by atoms with Crippen molar-refractivity contribution >= 4 is 42.0 Å². The van der Waals surface area contributed by atoms with Crippen molar-refractivity contribution < 1.29 is 27.8 Å². The maximum absolute atomic E-state index is 12.7. The number of nitrogens with zero attached hydrogens (tertiary/aromatic N) is 2. The van der Waals surface area contributed by atoms with Crippen LogP contribution in [0.5, 0.6) is 0 Å². The van der Waals surface area contributed by atoms with E-state index in [4.69, 9.17) is 0 Å². The van der Waals surface area contributed by atoms with Gasteiger partial charge in [0.25, 0.3) is 0 Å². The highest BCUT2D eigenvalue weighted by atomic mass is 79.9. The summed E-state index contributed by atoms with van der Waals surface area (Å²) in [5.74, 6) is 0.0183. The van der Waals surface area contributed by atoms with Gasteiger partial charge in [-0.2, -0.15) is 4.31 Å². The molecule has 0 amide bonds. The van der Waals surface area contributed by atoms with Gasteiger partial charge >= 0.3 is 10.2 Å². The lowest BCUT2D eigenvalue weighted by Gasteiger charge is -2.40. The van der Waals surface area contributed by atoms with Gasteiger partial charge < -0.3 is 5.32 Å². The second-order valence-corrected chi connectivity index (χ2v) is 11.9. The molecule has 1 N–H and O–H groups in total. The zero-order chi connectivity index (χ0) is 21.6. The molecule has 2 heterocycles. The Labute approximate surface area is 173 Å². The molecule has 1 aromatic carbocycles. The van der Waals surface area contributed by atoms with Crippen LogP contribution in [0.2, 0.25) is 0 Å². The van der Waals surface area contributed by atoms with E-state index < -0.39 is 25.1 Å². The molecule has 0 radical (unpaired) electrons. The molecule has 1 aliphatic heterocycles. The molecule has 0 atom stereocenters. The monoisotopic (exact) mass is 521 g/mol. The molecule has 0 aliphatic carbocycles. The molecular weight excluding hydrogens is 505 g/mol. The maximum atomic E-state index is 12.7. The first kappa shape index (κ1) is 22.2. The van der Waals surface area contributed by atoms with Crippen molar-refractivity contribution in [1.29, 1.82) is 0 Å². The molecule has 0 unspecified atom stereocenters. The Bertz CT molecular complexity index is 993. The van der Waals surface area contributed by atoms with Crippen molar-refractivity contribution in [2.75, 3.05) is 18.4 Å². The van der Waals surface area contributed by atoms with Crippen LogP contribution in [-0.2, 0) is 10.0 Å². The highest BCUT2D eigenvalue weighted by Crippen LogP contribution is 3.02. The van der Waals surface area contributed by atoms with E-state index in [1.165, 1.54) is 16.4 Å². The highest BCUT2D eigenvalue weighted by molar-refractivity contribution is 9.10. The molecule has 0 bridgehead atoms. The molecule has 13 heteroatoms. The van der Waals surface area contributed by atoms with Gasteiger partial charge in [-0.05, 0) is 49.2 Å². The summed E-state index contributed by atoms with van der Waals surface area (Å²) in [7, 11) is -13.4. The Morgan fingerprint density at radius 1 is 1.00 bits per heavy atom. The van der Waals surface area contributed by atoms with Crippen molar-refractivity contribution in [3.63, 3.8) is 0 Å². The summed E-state index contributed by atoms with van der Waals surface area (Å²) in [4.78, 5) is 1.55. The molecule has 0 saturated carbocycles. The molecule has 1 aliphatic rings. The Balaban J connectivity index is 1.62. The number of hydrogen-bond acceptors (Lipinski definition) is 4. The summed E-state index contributed by atoms with van der Waals surface area (Å²) in [6, 6.07) is 7.14. The van der Waals surface area contributed by atoms with Crippen LogP contribution in [-0.4, -0.2) is 36.8 Å². The van der Waals surface area contributed by atoms with Gasteiger partial charge in [0.15, 0.2) is 0 Å². The quantitative estimate of drug-likeness (QED) is 0.507. The van der Waals surface area contributed by atoms with Crippen molar-refractivity contribution in [2.45, 2.75) is 28.7 Å². The number of rotatable bonds is 5. The molecular formula is C16H17BrF5N3O2S2. The first-order valence-corrected chi connectivity index (χ1v) is 12.6. The van der Waals surface area contributed by atoms with E-state index in [2.05, 4.69) is 26.2 Å². The largest absolute Gasteiger partial charge is 0.367 e. The third-order valence-corrected chi connectivity index (χ3v) is 8.01. The minimum absolute atomic E-state index is 0.0183. The number of benzene rings is 1. The smallest absolute Gasteiger partial charge is 0.311 e. The molecule has 162 valence electrons. The number of pyridine rings is 1. The number of sulfonamides is 1. The van der Waals surface area contributed by atoms with Gasteiger partial charge in [0.2, 0.25) is 10.0 Å². The fourth-order valence-electron chi connectivity index (χ4n) is 2.90. The number of hydrogen-bond donors (Lipinski definition) is 1. The summed E-state index contributed by atoms with van der Waals surface area (Å²) in [5.41, 5.74) is 0. The average molecular weight is 522 g/mol. The van der Waals surface area contributed by atoms with Crippen LogP contribution in [0.4, 0.5) is 25.2 Å². The Morgan fingerprint density at radius 2 is 1.59 bits per heavy atom. The molecule has 1 fully saturated rings. The summed E-state index contributed by atoms with van der Waals surface area (Å²) in [5, 5.41) is 2.87. The Morgan fingerprint density at radius 3 is 2.07 bits per heavy atom. The number of aromatic nitrogens is 1. The van der Waals surface area contributed by atoms with Crippen molar-refractivity contribution in [3.05, 3.63) is 47.1 Å². The number of nitrogens with one attached hydrogen (secondary N) is 1. The van der Waals surface area contributed by atoms with Crippen LogP contribution in [0.15, 0.2) is 56.9 Å². The van der Waals surface area contributed by atoms with Gasteiger partial charge in [0, 0.05) is 23.6 Å². The van der Waals surface area contributed by atoms with Crippen LogP contribution < -0.4 is 5.32 Å². The molecule has 29 heavy (non-hydrogen) atoms. The Hall–Kier alpha value is -1.44. The van der Waals surface area contributed by atoms with Gasteiger partial charge in [0.05, 0.1) is 11.1 Å². The second-order valence-electron chi connectivity index (χ2n) is 6.62. The zero-order valence-electron chi connectivity index (χ0n) is 14.7. The van der Waals surface area contributed by atoms with E-state index in [1.807, 2.05) is 0 Å². The summed E-state index contributed by atoms with van der Waals surface area (Å²) < 4.78 is 91.0. The van der Waals surface area contributed by atoms with Gasteiger partial charge in [0.1, 0.15) is 10.7 Å². The third kappa shape index (κ3) is 5.38. The van der Waals surface area contributed by atoms with Gasteiger partial charge in [-0.25, -0.2) is 13.4 Å². The zero-order valence-corrected chi connectivity index (χ0v) is 18.0. The summed E-state index contributed by atoms with van der Waals surface area (Å²) in [6.07, 6.45) is 0.887. The SMILES string of the molecule is O=S(=O)(c1ccc(Br)cc1)N1CCC(Nc2ccc(S(F)(F)(F)(F)F)cn2)CC1. The highest BCUT2D eigenvalue weighted by Gasteiger charge is 2.65. The lowest BCUT2D eigenvalue weighted by atomic mass is 10.1. The molecule has 1 saturated heterocycles. The fourth-order valence-corrected chi connectivity index (χ4v) is 5.21. The van der Waals surface area contributed by atoms with E-state index in [0.29, 0.717) is 18.9 Å². The van der Waals surface area contributed by atoms with Gasteiger partial charge in [-0.1, -0.05) is 35.4 Å². The Kier molecular flexibility index (Phi) is 5.21. The van der Waals surface area contributed by atoms with Crippen molar-refractivity contribution in [1.82, 2.24) is 9.29 Å². The summed E-state index contributed by atoms with van der Waals surface area (Å²) in [6.45, 7) is 0.416. The normalized spacial score (nSPS) is 19.4. The lowest BCUT2D eigenvalue weighted by molar-refractivity contribution is 0.329. The first-order chi connectivity index (χ1) is 13.1. The van der Waals surface area contributed by atoms with Crippen LogP contribution in [0.1, 0.15) is 12.8 Å². The van der Waals surface area contributed by atoms with Crippen LogP contribution in [0.25, 0.3) is 0 Å². The minimum Gasteiger partial charge on any atom is -0.367 e. The van der Waals surface area contributed by atoms with Gasteiger partial charge in [-0.15, -0.1) is 0 Å². The third-order valence-electron chi connectivity index (χ3n) is 4.44. The lowest BCUT2D eigenvalue weighted by Crippen LogP contribution is -2.42.